The van der Waals surface area contributed by atoms with Crippen molar-refractivity contribution in [2.75, 3.05) is 26.2 Å². The SMILES string of the molecule is CC1CCCN(CCNC(C)C(C)C)CC1. The summed E-state index contributed by atoms with van der Waals surface area (Å²) in [6.45, 7) is 14.2. The molecule has 2 heteroatoms. The molecule has 0 aromatic rings. The van der Waals surface area contributed by atoms with Crippen LogP contribution in [0.25, 0.3) is 0 Å². The Balaban J connectivity index is 2.12. The lowest BCUT2D eigenvalue weighted by molar-refractivity contribution is 0.271. The van der Waals surface area contributed by atoms with Gasteiger partial charge in [-0.15, -0.1) is 0 Å². The van der Waals surface area contributed by atoms with Crippen LogP contribution in [0.3, 0.4) is 0 Å². The van der Waals surface area contributed by atoms with Crippen molar-refractivity contribution in [3.63, 3.8) is 0 Å². The Hall–Kier alpha value is -0.0800. The van der Waals surface area contributed by atoms with Crippen molar-refractivity contribution in [3.8, 4) is 0 Å². The molecule has 2 unspecified atom stereocenters. The highest BCUT2D eigenvalue weighted by molar-refractivity contribution is 4.70. The topological polar surface area (TPSA) is 15.3 Å². The van der Waals surface area contributed by atoms with Crippen molar-refractivity contribution < 1.29 is 0 Å². The van der Waals surface area contributed by atoms with Crippen molar-refractivity contribution in [1.29, 1.82) is 0 Å². The molecular weight excluding hydrogens is 196 g/mol. The van der Waals surface area contributed by atoms with E-state index in [1.54, 1.807) is 0 Å². The van der Waals surface area contributed by atoms with Gasteiger partial charge < -0.3 is 10.2 Å². The minimum atomic E-state index is 0.644. The molecule has 1 heterocycles. The first kappa shape index (κ1) is 14.0. The predicted octanol–water partition coefficient (Wildman–Crippen LogP) is 2.74. The number of hydrogen-bond donors (Lipinski definition) is 1. The van der Waals surface area contributed by atoms with Crippen LogP contribution < -0.4 is 5.32 Å². The molecule has 0 aromatic carbocycles. The van der Waals surface area contributed by atoms with E-state index in [0.29, 0.717) is 6.04 Å². The molecule has 2 nitrogen and oxygen atoms in total. The molecule has 16 heavy (non-hydrogen) atoms. The largest absolute Gasteiger partial charge is 0.313 e. The van der Waals surface area contributed by atoms with Crippen LogP contribution in [-0.4, -0.2) is 37.1 Å². The first-order valence-electron chi connectivity index (χ1n) is 7.05. The highest BCUT2D eigenvalue weighted by Crippen LogP contribution is 2.15. The summed E-state index contributed by atoms with van der Waals surface area (Å²) in [5, 5.41) is 3.62. The lowest BCUT2D eigenvalue weighted by Crippen LogP contribution is -2.38. The molecule has 96 valence electrons. The zero-order valence-electron chi connectivity index (χ0n) is 11.6. The molecule has 1 N–H and O–H groups in total. The third-order valence-electron chi connectivity index (χ3n) is 4.00. The smallest absolute Gasteiger partial charge is 0.0107 e. The summed E-state index contributed by atoms with van der Waals surface area (Å²) in [5.74, 6) is 1.68. The van der Waals surface area contributed by atoms with E-state index in [-0.39, 0.29) is 0 Å². The van der Waals surface area contributed by atoms with Gasteiger partial charge in [-0.25, -0.2) is 0 Å². The Bertz CT molecular complexity index is 180. The Morgan fingerprint density at radius 1 is 1.19 bits per heavy atom. The molecular formula is C14H30N2. The van der Waals surface area contributed by atoms with Gasteiger partial charge in [-0.05, 0) is 51.1 Å². The van der Waals surface area contributed by atoms with E-state index in [1.807, 2.05) is 0 Å². The maximum absolute atomic E-state index is 3.62. The van der Waals surface area contributed by atoms with Crippen LogP contribution in [-0.2, 0) is 0 Å². The minimum absolute atomic E-state index is 0.644. The van der Waals surface area contributed by atoms with Gasteiger partial charge in [0.2, 0.25) is 0 Å². The zero-order valence-corrected chi connectivity index (χ0v) is 11.6. The van der Waals surface area contributed by atoms with Gasteiger partial charge in [0.25, 0.3) is 0 Å². The number of likely N-dealkylation sites (tertiary alicyclic amines) is 1. The van der Waals surface area contributed by atoms with E-state index < -0.39 is 0 Å². The van der Waals surface area contributed by atoms with Crippen LogP contribution in [0.5, 0.6) is 0 Å². The van der Waals surface area contributed by atoms with Gasteiger partial charge in [-0.3, -0.25) is 0 Å². The van der Waals surface area contributed by atoms with Gasteiger partial charge in [-0.1, -0.05) is 20.8 Å². The molecule has 1 saturated heterocycles. The summed E-state index contributed by atoms with van der Waals surface area (Å²) < 4.78 is 0. The summed E-state index contributed by atoms with van der Waals surface area (Å²) in [7, 11) is 0. The molecule has 0 amide bonds. The summed E-state index contributed by atoms with van der Waals surface area (Å²) >= 11 is 0. The number of nitrogens with zero attached hydrogens (tertiary/aromatic N) is 1. The van der Waals surface area contributed by atoms with Crippen LogP contribution in [0.2, 0.25) is 0 Å². The van der Waals surface area contributed by atoms with Crippen LogP contribution in [0.15, 0.2) is 0 Å². The Labute approximate surface area is 102 Å². The highest BCUT2D eigenvalue weighted by atomic mass is 15.1. The average Bonchev–Trinajstić information content (AvgIpc) is 2.43. The molecule has 0 spiro atoms. The first-order valence-corrected chi connectivity index (χ1v) is 7.05. The minimum Gasteiger partial charge on any atom is -0.313 e. The Kier molecular flexibility index (Phi) is 6.37. The van der Waals surface area contributed by atoms with E-state index in [1.165, 1.54) is 38.9 Å². The molecule has 1 rings (SSSR count). The van der Waals surface area contributed by atoms with Crippen LogP contribution in [0, 0.1) is 11.8 Å². The third-order valence-corrected chi connectivity index (χ3v) is 4.00. The summed E-state index contributed by atoms with van der Waals surface area (Å²) in [5.41, 5.74) is 0. The molecule has 0 saturated carbocycles. The lowest BCUT2D eigenvalue weighted by atomic mass is 10.0. The summed E-state index contributed by atoms with van der Waals surface area (Å²) in [6.07, 6.45) is 4.20. The van der Waals surface area contributed by atoms with Crippen LogP contribution >= 0.6 is 0 Å². The van der Waals surface area contributed by atoms with Crippen molar-refractivity contribution >= 4 is 0 Å². The Morgan fingerprint density at radius 2 is 1.94 bits per heavy atom. The molecule has 1 fully saturated rings. The van der Waals surface area contributed by atoms with Crippen LogP contribution in [0.4, 0.5) is 0 Å². The van der Waals surface area contributed by atoms with Gasteiger partial charge in [0.1, 0.15) is 0 Å². The van der Waals surface area contributed by atoms with Crippen LogP contribution in [0.1, 0.15) is 47.0 Å². The first-order chi connectivity index (χ1) is 7.59. The van der Waals surface area contributed by atoms with Gasteiger partial charge >= 0.3 is 0 Å². The van der Waals surface area contributed by atoms with Gasteiger partial charge in [0.15, 0.2) is 0 Å². The van der Waals surface area contributed by atoms with Crippen molar-refractivity contribution in [2.45, 2.75) is 53.0 Å². The molecule has 1 aliphatic heterocycles. The lowest BCUT2D eigenvalue weighted by Gasteiger charge is -2.23. The predicted molar refractivity (Wildman–Crippen MR) is 71.8 cm³/mol. The molecule has 0 radical (unpaired) electrons. The third kappa shape index (κ3) is 5.31. The van der Waals surface area contributed by atoms with Gasteiger partial charge in [0, 0.05) is 19.1 Å². The van der Waals surface area contributed by atoms with Gasteiger partial charge in [-0.2, -0.15) is 0 Å². The quantitative estimate of drug-likeness (QED) is 0.775. The molecule has 0 bridgehead atoms. The standard InChI is InChI=1S/C14H30N2/c1-12(2)14(4)15-8-11-16-9-5-6-13(3)7-10-16/h12-15H,5-11H2,1-4H3. The fourth-order valence-corrected chi connectivity index (χ4v) is 2.23. The molecule has 0 aromatic heterocycles. The average molecular weight is 226 g/mol. The van der Waals surface area contributed by atoms with E-state index in [2.05, 4.69) is 37.9 Å². The second-order valence-electron chi connectivity index (χ2n) is 5.86. The highest BCUT2D eigenvalue weighted by Gasteiger charge is 2.13. The second-order valence-corrected chi connectivity index (χ2v) is 5.86. The normalized spacial score (nSPS) is 25.7. The Morgan fingerprint density at radius 3 is 2.62 bits per heavy atom. The molecule has 2 atom stereocenters. The van der Waals surface area contributed by atoms with E-state index in [0.717, 1.165) is 18.4 Å². The monoisotopic (exact) mass is 226 g/mol. The van der Waals surface area contributed by atoms with Crippen molar-refractivity contribution in [1.82, 2.24) is 10.2 Å². The number of nitrogens with one attached hydrogen (secondary N) is 1. The van der Waals surface area contributed by atoms with E-state index in [4.69, 9.17) is 0 Å². The maximum atomic E-state index is 3.62. The molecule has 0 aliphatic carbocycles. The zero-order chi connectivity index (χ0) is 12.0. The van der Waals surface area contributed by atoms with E-state index in [9.17, 15) is 0 Å². The molecule has 1 aliphatic rings. The summed E-state index contributed by atoms with van der Waals surface area (Å²) in [4.78, 5) is 2.63. The maximum Gasteiger partial charge on any atom is 0.0107 e. The van der Waals surface area contributed by atoms with Crippen molar-refractivity contribution in [2.24, 2.45) is 11.8 Å². The summed E-state index contributed by atoms with van der Waals surface area (Å²) in [6, 6.07) is 0.644. The van der Waals surface area contributed by atoms with Gasteiger partial charge in [0.05, 0.1) is 0 Å². The number of rotatable bonds is 5. The number of hydrogen-bond acceptors (Lipinski definition) is 2. The van der Waals surface area contributed by atoms with E-state index >= 15 is 0 Å². The van der Waals surface area contributed by atoms with Crippen molar-refractivity contribution in [3.05, 3.63) is 0 Å². The fourth-order valence-electron chi connectivity index (χ4n) is 2.23. The fraction of sp³-hybridized carbons (Fsp3) is 1.00. The second kappa shape index (κ2) is 7.29.